The second-order valence-electron chi connectivity index (χ2n) is 6.28. The number of nitrogens with one attached hydrogen (secondary N) is 1. The summed E-state index contributed by atoms with van der Waals surface area (Å²) in [4.78, 5) is 35.7. The summed E-state index contributed by atoms with van der Waals surface area (Å²) in [6.07, 6.45) is 1.83. The van der Waals surface area contributed by atoms with Crippen molar-refractivity contribution in [3.63, 3.8) is 0 Å². The van der Waals surface area contributed by atoms with E-state index in [1.165, 1.54) is 20.1 Å². The largest absolute Gasteiger partial charge is 0.465 e. The van der Waals surface area contributed by atoms with Crippen LogP contribution < -0.4 is 5.32 Å². The van der Waals surface area contributed by atoms with Gasteiger partial charge in [0.1, 0.15) is 0 Å². The van der Waals surface area contributed by atoms with Gasteiger partial charge in [-0.2, -0.15) is 0 Å². The summed E-state index contributed by atoms with van der Waals surface area (Å²) in [5, 5.41) is 2.80. The molecule has 1 amide bonds. The van der Waals surface area contributed by atoms with E-state index in [1.54, 1.807) is 30.3 Å². The highest BCUT2D eigenvalue weighted by Crippen LogP contribution is 2.19. The fraction of sp³-hybridized carbons (Fsp3) is 0.227. The van der Waals surface area contributed by atoms with Crippen LogP contribution in [0.1, 0.15) is 34.0 Å². The van der Waals surface area contributed by atoms with Crippen LogP contribution in [-0.4, -0.2) is 31.1 Å². The molecule has 0 aromatic heterocycles. The molecule has 1 N–H and O–H groups in total. The molecule has 0 saturated heterocycles. The van der Waals surface area contributed by atoms with Crippen LogP contribution in [0.5, 0.6) is 0 Å². The Balaban J connectivity index is 1.93. The van der Waals surface area contributed by atoms with Gasteiger partial charge in [0.15, 0.2) is 6.10 Å². The SMILES string of the molecule is COC(=O)c1ccc(/C=C/C(=O)O[C@H](C)C(=O)Nc2c(C)cccc2C)cc1. The van der Waals surface area contributed by atoms with Crippen molar-refractivity contribution in [2.75, 3.05) is 12.4 Å². The Morgan fingerprint density at radius 2 is 1.61 bits per heavy atom. The lowest BCUT2D eigenvalue weighted by molar-refractivity contribution is -0.148. The number of methoxy groups -OCH3 is 1. The zero-order valence-corrected chi connectivity index (χ0v) is 16.3. The Bertz CT molecular complexity index is 879. The van der Waals surface area contributed by atoms with Gasteiger partial charge in [-0.15, -0.1) is 0 Å². The number of hydrogen-bond donors (Lipinski definition) is 1. The molecular formula is C22H23NO5. The molecule has 0 spiro atoms. The first-order valence-corrected chi connectivity index (χ1v) is 8.76. The number of amides is 1. The number of esters is 2. The molecule has 0 unspecified atom stereocenters. The minimum absolute atomic E-state index is 0.401. The Morgan fingerprint density at radius 3 is 2.18 bits per heavy atom. The first-order valence-electron chi connectivity index (χ1n) is 8.76. The van der Waals surface area contributed by atoms with Crippen LogP contribution in [-0.2, 0) is 19.1 Å². The quantitative estimate of drug-likeness (QED) is 0.610. The molecular weight excluding hydrogens is 358 g/mol. The van der Waals surface area contributed by atoms with Gasteiger partial charge in [-0.1, -0.05) is 30.3 Å². The second kappa shape index (κ2) is 9.50. The van der Waals surface area contributed by atoms with Gasteiger partial charge < -0.3 is 14.8 Å². The summed E-state index contributed by atoms with van der Waals surface area (Å²) in [7, 11) is 1.31. The van der Waals surface area contributed by atoms with Gasteiger partial charge in [-0.05, 0) is 55.7 Å². The molecule has 2 rings (SSSR count). The van der Waals surface area contributed by atoms with Crippen LogP contribution in [0.3, 0.4) is 0 Å². The van der Waals surface area contributed by atoms with Crippen LogP contribution in [0.15, 0.2) is 48.5 Å². The van der Waals surface area contributed by atoms with Crippen LogP contribution >= 0.6 is 0 Å². The molecule has 6 nitrogen and oxygen atoms in total. The Labute approximate surface area is 164 Å². The molecule has 0 aliphatic rings. The molecule has 28 heavy (non-hydrogen) atoms. The molecule has 6 heteroatoms. The smallest absolute Gasteiger partial charge is 0.337 e. The van der Waals surface area contributed by atoms with Crippen LogP contribution in [0, 0.1) is 13.8 Å². The topological polar surface area (TPSA) is 81.7 Å². The van der Waals surface area contributed by atoms with E-state index in [9.17, 15) is 14.4 Å². The van der Waals surface area contributed by atoms with Gasteiger partial charge in [0.25, 0.3) is 5.91 Å². The number of carbonyl (C=O) groups excluding carboxylic acids is 3. The zero-order valence-electron chi connectivity index (χ0n) is 16.3. The summed E-state index contributed by atoms with van der Waals surface area (Å²) in [5.74, 6) is -1.47. The maximum absolute atomic E-state index is 12.3. The lowest BCUT2D eigenvalue weighted by Crippen LogP contribution is -2.30. The number of hydrogen-bond acceptors (Lipinski definition) is 5. The van der Waals surface area contributed by atoms with Gasteiger partial charge in [0.2, 0.25) is 0 Å². The van der Waals surface area contributed by atoms with Crippen molar-refractivity contribution < 1.29 is 23.9 Å². The standard InChI is InChI=1S/C22H23NO5/c1-14-6-5-7-15(2)20(14)23-21(25)16(3)28-19(24)13-10-17-8-11-18(12-9-17)22(26)27-4/h5-13,16H,1-4H3,(H,23,25)/b13-10+/t16-/m1/s1. The van der Waals surface area contributed by atoms with Crippen LogP contribution in [0.4, 0.5) is 5.69 Å². The van der Waals surface area contributed by atoms with E-state index >= 15 is 0 Å². The van der Waals surface area contributed by atoms with Crippen molar-refractivity contribution in [1.82, 2.24) is 0 Å². The molecule has 0 saturated carbocycles. The van der Waals surface area contributed by atoms with E-state index in [-0.39, 0.29) is 0 Å². The van der Waals surface area contributed by atoms with Crippen molar-refractivity contribution in [2.45, 2.75) is 26.9 Å². The van der Waals surface area contributed by atoms with E-state index in [4.69, 9.17) is 4.74 Å². The summed E-state index contributed by atoms with van der Waals surface area (Å²) in [5.41, 5.74) is 3.71. The van der Waals surface area contributed by atoms with Gasteiger partial charge in [0.05, 0.1) is 12.7 Å². The molecule has 146 valence electrons. The number of para-hydroxylation sites is 1. The molecule has 2 aromatic carbocycles. The summed E-state index contributed by atoms with van der Waals surface area (Å²) < 4.78 is 9.78. The number of rotatable bonds is 6. The summed E-state index contributed by atoms with van der Waals surface area (Å²) >= 11 is 0. The number of anilines is 1. The monoisotopic (exact) mass is 381 g/mol. The first kappa shape index (κ1) is 20.9. The van der Waals surface area contributed by atoms with Gasteiger partial charge >= 0.3 is 11.9 Å². The van der Waals surface area contributed by atoms with Crippen LogP contribution in [0.2, 0.25) is 0 Å². The third-order valence-corrected chi connectivity index (χ3v) is 4.14. The Morgan fingerprint density at radius 1 is 1.00 bits per heavy atom. The van der Waals surface area contributed by atoms with Crippen LogP contribution in [0.25, 0.3) is 6.08 Å². The zero-order chi connectivity index (χ0) is 20.7. The van der Waals surface area contributed by atoms with Crippen molar-refractivity contribution in [2.24, 2.45) is 0 Å². The molecule has 0 heterocycles. The van der Waals surface area contributed by atoms with Crippen molar-refractivity contribution in [3.8, 4) is 0 Å². The molecule has 0 radical (unpaired) electrons. The molecule has 2 aromatic rings. The lowest BCUT2D eigenvalue weighted by atomic mass is 10.1. The van der Waals surface area contributed by atoms with Gasteiger partial charge in [-0.3, -0.25) is 4.79 Å². The summed E-state index contributed by atoms with van der Waals surface area (Å²) in [6.45, 7) is 5.31. The van der Waals surface area contributed by atoms with Gasteiger partial charge in [0, 0.05) is 11.8 Å². The first-order chi connectivity index (χ1) is 13.3. The molecule has 1 atom stereocenters. The number of benzene rings is 2. The maximum atomic E-state index is 12.3. The fourth-order valence-electron chi connectivity index (χ4n) is 2.52. The van der Waals surface area contributed by atoms with Crippen molar-refractivity contribution in [1.29, 1.82) is 0 Å². The predicted octanol–water partition coefficient (Wildman–Crippen LogP) is 3.67. The molecule has 0 aliphatic carbocycles. The normalized spacial score (nSPS) is 11.7. The highest BCUT2D eigenvalue weighted by Gasteiger charge is 2.18. The Kier molecular flexibility index (Phi) is 7.09. The highest BCUT2D eigenvalue weighted by atomic mass is 16.5. The maximum Gasteiger partial charge on any atom is 0.337 e. The minimum Gasteiger partial charge on any atom is -0.465 e. The van der Waals surface area contributed by atoms with E-state index in [2.05, 4.69) is 10.1 Å². The average molecular weight is 381 g/mol. The number of aryl methyl sites for hydroxylation is 2. The third kappa shape index (κ3) is 5.54. The van der Waals surface area contributed by atoms with Gasteiger partial charge in [-0.25, -0.2) is 9.59 Å². The van der Waals surface area contributed by atoms with E-state index < -0.39 is 23.9 Å². The summed E-state index contributed by atoms with van der Waals surface area (Å²) in [6, 6.07) is 12.2. The van der Waals surface area contributed by atoms with Crippen molar-refractivity contribution in [3.05, 3.63) is 70.8 Å². The highest BCUT2D eigenvalue weighted by molar-refractivity contribution is 5.97. The molecule has 0 bridgehead atoms. The predicted molar refractivity (Wildman–Crippen MR) is 107 cm³/mol. The Hall–Kier alpha value is -3.41. The molecule has 0 fully saturated rings. The van der Waals surface area contributed by atoms with E-state index in [1.807, 2.05) is 32.0 Å². The average Bonchev–Trinajstić information content (AvgIpc) is 2.68. The van der Waals surface area contributed by atoms with E-state index in [0.717, 1.165) is 16.8 Å². The fourth-order valence-corrected chi connectivity index (χ4v) is 2.52. The number of carbonyl (C=O) groups is 3. The van der Waals surface area contributed by atoms with E-state index in [0.29, 0.717) is 11.1 Å². The third-order valence-electron chi connectivity index (χ3n) is 4.14. The lowest BCUT2D eigenvalue weighted by Gasteiger charge is -2.15. The number of ether oxygens (including phenoxy) is 2. The second-order valence-corrected chi connectivity index (χ2v) is 6.28. The van der Waals surface area contributed by atoms with Crippen molar-refractivity contribution >= 4 is 29.6 Å². The molecule has 0 aliphatic heterocycles. The minimum atomic E-state index is -0.946.